The number of nitrogens with one attached hydrogen (secondary N) is 1. The molecule has 2 aliphatic rings. The predicted octanol–water partition coefficient (Wildman–Crippen LogP) is 2.56. The van der Waals surface area contributed by atoms with Gasteiger partial charge in [0.05, 0.1) is 16.9 Å². The van der Waals surface area contributed by atoms with Gasteiger partial charge < -0.3 is 15.0 Å². The molecule has 0 radical (unpaired) electrons. The third kappa shape index (κ3) is 2.53. The van der Waals surface area contributed by atoms with Gasteiger partial charge in [0.25, 0.3) is 5.91 Å². The van der Waals surface area contributed by atoms with Crippen molar-refractivity contribution in [2.45, 2.75) is 44.6 Å². The lowest BCUT2D eigenvalue weighted by Crippen LogP contribution is -2.43. The molecule has 0 bridgehead atoms. The first-order valence-corrected chi connectivity index (χ1v) is 9.14. The van der Waals surface area contributed by atoms with E-state index in [1.807, 2.05) is 6.07 Å². The molecule has 24 heavy (non-hydrogen) atoms. The number of carbonyl (C=O) groups is 2. The molecular weight excluding hydrogens is 326 g/mol. The molecule has 1 aliphatic carbocycles. The lowest BCUT2D eigenvalue weighted by Gasteiger charge is -2.31. The lowest BCUT2D eigenvalue weighted by atomic mass is 10.0. The molecule has 1 amide bonds. The molecular formula is C17H19N3O3S. The van der Waals surface area contributed by atoms with Crippen molar-refractivity contribution in [3.8, 4) is 0 Å². The molecule has 3 heterocycles. The molecule has 126 valence electrons. The normalized spacial score (nSPS) is 20.2. The summed E-state index contributed by atoms with van der Waals surface area (Å²) in [6.07, 6.45) is 7.72. The number of carbonyl (C=O) groups excluding carboxylic acids is 1. The van der Waals surface area contributed by atoms with Gasteiger partial charge in [-0.05, 0) is 37.3 Å². The van der Waals surface area contributed by atoms with Crippen LogP contribution >= 0.6 is 11.3 Å². The highest BCUT2D eigenvalue weighted by Gasteiger charge is 2.38. The maximum absolute atomic E-state index is 13.0. The summed E-state index contributed by atoms with van der Waals surface area (Å²) < 4.78 is 0. The van der Waals surface area contributed by atoms with Crippen molar-refractivity contribution < 1.29 is 14.7 Å². The number of aromatic nitrogens is 2. The number of thiophene rings is 1. The Morgan fingerprint density at radius 3 is 2.92 bits per heavy atom. The van der Waals surface area contributed by atoms with E-state index < -0.39 is 12.0 Å². The van der Waals surface area contributed by atoms with Crippen molar-refractivity contribution in [3.63, 3.8) is 0 Å². The molecule has 0 aromatic carbocycles. The van der Waals surface area contributed by atoms with E-state index in [9.17, 15) is 14.7 Å². The number of nitrogens with zero attached hydrogens (tertiary/aromatic N) is 2. The zero-order valence-corrected chi connectivity index (χ0v) is 14.1. The van der Waals surface area contributed by atoms with Crippen LogP contribution in [0.2, 0.25) is 0 Å². The Kier molecular flexibility index (Phi) is 3.88. The number of fused-ring (bicyclic) bond motifs is 2. The Morgan fingerprint density at radius 2 is 2.08 bits per heavy atom. The van der Waals surface area contributed by atoms with Crippen molar-refractivity contribution in [2.24, 2.45) is 0 Å². The predicted molar refractivity (Wildman–Crippen MR) is 89.3 cm³/mol. The number of H-pyrrole nitrogens is 1. The number of amides is 1. The van der Waals surface area contributed by atoms with E-state index in [4.69, 9.17) is 0 Å². The topological polar surface area (TPSA) is 86.3 Å². The molecule has 4 rings (SSSR count). The van der Waals surface area contributed by atoms with Crippen LogP contribution in [-0.2, 0) is 24.1 Å². The monoisotopic (exact) mass is 345 g/mol. The van der Waals surface area contributed by atoms with Crippen LogP contribution in [0.1, 0.15) is 56.8 Å². The second kappa shape index (κ2) is 6.05. The summed E-state index contributed by atoms with van der Waals surface area (Å²) in [6.45, 7) is 0.396. The van der Waals surface area contributed by atoms with Crippen LogP contribution in [0.4, 0.5) is 0 Å². The molecule has 1 aliphatic heterocycles. The average molecular weight is 345 g/mol. The highest BCUT2D eigenvalue weighted by Crippen LogP contribution is 2.33. The van der Waals surface area contributed by atoms with E-state index in [1.165, 1.54) is 45.8 Å². The van der Waals surface area contributed by atoms with Crippen molar-refractivity contribution in [1.29, 1.82) is 0 Å². The van der Waals surface area contributed by atoms with E-state index in [1.54, 1.807) is 0 Å². The molecule has 6 nitrogen and oxygen atoms in total. The first-order valence-electron chi connectivity index (χ1n) is 8.32. The highest BCUT2D eigenvalue weighted by molar-refractivity contribution is 7.14. The van der Waals surface area contributed by atoms with E-state index in [0.29, 0.717) is 23.5 Å². The summed E-state index contributed by atoms with van der Waals surface area (Å²) in [7, 11) is 0. The third-order valence-corrected chi connectivity index (χ3v) is 6.10. The minimum absolute atomic E-state index is 0.186. The van der Waals surface area contributed by atoms with Gasteiger partial charge in [-0.2, -0.15) is 0 Å². The number of aromatic amines is 1. The fourth-order valence-corrected chi connectivity index (χ4v) is 4.87. The standard InChI is InChI=1S/C17H19N3O3S/c21-16(13-8-10-4-2-1-3-5-12(10)24-13)20-7-6-11-14(19-9-18-11)15(20)17(22)23/h8-9,15H,1-7H2,(H,18,19)(H,22,23). The van der Waals surface area contributed by atoms with Crippen LogP contribution in [0, 0.1) is 0 Å². The largest absolute Gasteiger partial charge is 0.479 e. The van der Waals surface area contributed by atoms with Gasteiger partial charge in [-0.1, -0.05) is 6.42 Å². The van der Waals surface area contributed by atoms with Gasteiger partial charge >= 0.3 is 5.97 Å². The molecule has 0 spiro atoms. The number of aryl methyl sites for hydroxylation is 2. The van der Waals surface area contributed by atoms with Gasteiger partial charge in [-0.15, -0.1) is 11.3 Å². The first kappa shape index (κ1) is 15.4. The summed E-state index contributed by atoms with van der Waals surface area (Å²) in [6, 6.07) is 0.974. The van der Waals surface area contributed by atoms with E-state index >= 15 is 0 Å². The lowest BCUT2D eigenvalue weighted by molar-refractivity contribution is -0.143. The fraction of sp³-hybridized carbons (Fsp3) is 0.471. The van der Waals surface area contributed by atoms with Gasteiger partial charge in [0, 0.05) is 23.5 Å². The molecule has 1 atom stereocenters. The molecule has 0 saturated carbocycles. The average Bonchev–Trinajstić information content (AvgIpc) is 3.15. The Morgan fingerprint density at radius 1 is 1.25 bits per heavy atom. The molecule has 0 fully saturated rings. The second-order valence-corrected chi connectivity index (χ2v) is 7.51. The number of aliphatic carboxylic acids is 1. The number of hydrogen-bond acceptors (Lipinski definition) is 4. The van der Waals surface area contributed by atoms with Crippen LogP contribution in [0.3, 0.4) is 0 Å². The Labute approximate surface area is 143 Å². The highest BCUT2D eigenvalue weighted by atomic mass is 32.1. The summed E-state index contributed by atoms with van der Waals surface area (Å²) in [5.74, 6) is -1.22. The number of rotatable bonds is 2. The van der Waals surface area contributed by atoms with Gasteiger partial charge in [-0.3, -0.25) is 4.79 Å². The second-order valence-electron chi connectivity index (χ2n) is 6.38. The summed E-state index contributed by atoms with van der Waals surface area (Å²) in [5.41, 5.74) is 2.54. The molecule has 2 N–H and O–H groups in total. The van der Waals surface area contributed by atoms with Crippen LogP contribution in [0.25, 0.3) is 0 Å². The van der Waals surface area contributed by atoms with Crippen molar-refractivity contribution in [3.05, 3.63) is 39.1 Å². The Bertz CT molecular complexity index is 771. The number of imidazole rings is 1. The smallest absolute Gasteiger partial charge is 0.332 e. The molecule has 0 saturated heterocycles. The minimum Gasteiger partial charge on any atom is -0.479 e. The molecule has 1 unspecified atom stereocenters. The zero-order valence-electron chi connectivity index (χ0n) is 13.2. The summed E-state index contributed by atoms with van der Waals surface area (Å²) in [5, 5.41) is 9.62. The number of hydrogen-bond donors (Lipinski definition) is 2. The number of carboxylic acid groups (broad SMARTS) is 1. The number of carboxylic acids is 1. The maximum Gasteiger partial charge on any atom is 0.332 e. The van der Waals surface area contributed by atoms with Crippen LogP contribution < -0.4 is 0 Å². The summed E-state index contributed by atoms with van der Waals surface area (Å²) >= 11 is 1.54. The minimum atomic E-state index is -1.03. The maximum atomic E-state index is 13.0. The molecule has 2 aromatic rings. The van der Waals surface area contributed by atoms with Gasteiger partial charge in [0.1, 0.15) is 0 Å². The van der Waals surface area contributed by atoms with Crippen molar-refractivity contribution in [1.82, 2.24) is 14.9 Å². The van der Waals surface area contributed by atoms with Gasteiger partial charge in [0.15, 0.2) is 6.04 Å². The van der Waals surface area contributed by atoms with Crippen LogP contribution in [0.15, 0.2) is 12.4 Å². The summed E-state index contributed by atoms with van der Waals surface area (Å²) in [4.78, 5) is 35.3. The fourth-order valence-electron chi connectivity index (χ4n) is 3.66. The molecule has 7 heteroatoms. The van der Waals surface area contributed by atoms with Gasteiger partial charge in [0.2, 0.25) is 0 Å². The third-order valence-electron chi connectivity index (χ3n) is 4.88. The van der Waals surface area contributed by atoms with Gasteiger partial charge in [-0.25, -0.2) is 9.78 Å². The Hall–Kier alpha value is -2.15. The molecule has 2 aromatic heterocycles. The Balaban J connectivity index is 1.65. The van der Waals surface area contributed by atoms with Crippen LogP contribution in [0.5, 0.6) is 0 Å². The van der Waals surface area contributed by atoms with E-state index in [0.717, 1.165) is 25.0 Å². The SMILES string of the molecule is O=C(O)C1c2nc[nH]c2CCN1C(=O)c1cc2c(s1)CCCCC2. The first-order chi connectivity index (χ1) is 11.6. The van der Waals surface area contributed by atoms with E-state index in [-0.39, 0.29) is 5.91 Å². The van der Waals surface area contributed by atoms with E-state index in [2.05, 4.69) is 9.97 Å². The quantitative estimate of drug-likeness (QED) is 0.819. The van der Waals surface area contributed by atoms with Crippen molar-refractivity contribution in [2.75, 3.05) is 6.54 Å². The van der Waals surface area contributed by atoms with Crippen LogP contribution in [-0.4, -0.2) is 38.4 Å². The zero-order chi connectivity index (χ0) is 16.7. The van der Waals surface area contributed by atoms with Crippen molar-refractivity contribution >= 4 is 23.2 Å².